The highest BCUT2D eigenvalue weighted by molar-refractivity contribution is 7.92. The fourth-order valence-electron chi connectivity index (χ4n) is 8.76. The van der Waals surface area contributed by atoms with Crippen molar-refractivity contribution in [1.82, 2.24) is 14.5 Å². The van der Waals surface area contributed by atoms with Crippen molar-refractivity contribution in [2.75, 3.05) is 37.6 Å². The van der Waals surface area contributed by atoms with Gasteiger partial charge in [-0.25, -0.2) is 17.8 Å². The van der Waals surface area contributed by atoms with Crippen LogP contribution in [0.2, 0.25) is 0 Å². The summed E-state index contributed by atoms with van der Waals surface area (Å²) in [6.45, 7) is 8.37. The molecule has 0 radical (unpaired) electrons. The molecule has 3 aromatic rings. The Bertz CT molecular complexity index is 1530. The molecule has 7 rings (SSSR count). The second-order valence-corrected chi connectivity index (χ2v) is 16.2. The number of aromatic nitrogens is 2. The van der Waals surface area contributed by atoms with E-state index in [1.165, 1.54) is 31.2 Å². The lowest BCUT2D eigenvalue weighted by atomic mass is 9.59. The molecule has 44 heavy (non-hydrogen) atoms. The van der Waals surface area contributed by atoms with Crippen LogP contribution in [0.4, 0.5) is 10.1 Å². The fourth-order valence-corrected chi connectivity index (χ4v) is 10.4. The van der Waals surface area contributed by atoms with Crippen molar-refractivity contribution in [3.63, 3.8) is 0 Å². The highest BCUT2D eigenvalue weighted by Crippen LogP contribution is 2.51. The summed E-state index contributed by atoms with van der Waals surface area (Å²) in [6, 6.07) is 15.1. The smallest absolute Gasteiger partial charge is 0.181 e. The SMILES string of the molecule is CCc1nccn1C[C@](c1cccc(F)c1)(C1CCCC1)C1CCN(CC2CN(c3ccc(S(=O)(=O)C4CC4)cc3)C2)CC1. The third-order valence-corrected chi connectivity index (χ3v) is 13.6. The second kappa shape index (κ2) is 12.2. The van der Waals surface area contributed by atoms with E-state index in [1.807, 2.05) is 30.5 Å². The van der Waals surface area contributed by atoms with E-state index in [2.05, 4.69) is 38.5 Å². The molecule has 2 saturated heterocycles. The van der Waals surface area contributed by atoms with Crippen molar-refractivity contribution in [2.24, 2.45) is 17.8 Å². The van der Waals surface area contributed by atoms with E-state index in [1.54, 1.807) is 18.2 Å². The average Bonchev–Trinajstić information content (AvgIpc) is 3.56. The largest absolute Gasteiger partial charge is 0.371 e. The lowest BCUT2D eigenvalue weighted by Crippen LogP contribution is -2.54. The average molecular weight is 619 g/mol. The van der Waals surface area contributed by atoms with Gasteiger partial charge >= 0.3 is 0 Å². The van der Waals surface area contributed by atoms with Gasteiger partial charge in [0, 0.05) is 62.0 Å². The van der Waals surface area contributed by atoms with Gasteiger partial charge in [0.25, 0.3) is 0 Å². The van der Waals surface area contributed by atoms with Crippen LogP contribution in [0, 0.1) is 23.6 Å². The molecule has 0 N–H and O–H groups in total. The maximum Gasteiger partial charge on any atom is 0.181 e. The lowest BCUT2D eigenvalue weighted by molar-refractivity contribution is 0.0639. The Labute approximate surface area is 262 Å². The molecule has 2 aliphatic heterocycles. The Balaban J connectivity index is 1.02. The maximum atomic E-state index is 14.8. The number of sulfone groups is 1. The minimum absolute atomic E-state index is 0.0955. The number of aryl methyl sites for hydroxylation is 1. The van der Waals surface area contributed by atoms with Crippen molar-refractivity contribution in [3.05, 3.63) is 78.1 Å². The molecule has 0 unspecified atom stereocenters. The third-order valence-electron chi connectivity index (χ3n) is 11.3. The standard InChI is InChI=1S/C36H47FN4O2S/c1-2-35-38-18-21-40(35)26-36(28-6-3-4-7-28,30-8-5-9-31(37)22-30)29-16-19-39(20-17-29)23-27-24-41(25-27)32-10-12-33(13-11-32)44(42,43)34-14-15-34/h5,8-13,18,21-22,27-29,34H,2-4,6-7,14-17,19-20,23-26H2,1H3/t36-/m0/s1. The maximum absolute atomic E-state index is 14.8. The van der Waals surface area contributed by atoms with Gasteiger partial charge in [-0.2, -0.15) is 0 Å². The van der Waals surface area contributed by atoms with E-state index in [0.29, 0.717) is 22.6 Å². The van der Waals surface area contributed by atoms with Crippen LogP contribution in [0.3, 0.4) is 0 Å². The first-order valence-corrected chi connectivity index (χ1v) is 18.5. The summed E-state index contributed by atoms with van der Waals surface area (Å²) in [7, 11) is -3.13. The third kappa shape index (κ3) is 5.73. The fraction of sp³-hybridized carbons (Fsp3) is 0.583. The number of piperidine rings is 1. The van der Waals surface area contributed by atoms with Gasteiger partial charge in [0.2, 0.25) is 0 Å². The van der Waals surface area contributed by atoms with Crippen LogP contribution in [0.15, 0.2) is 65.8 Å². The zero-order valence-electron chi connectivity index (χ0n) is 26.1. The van der Waals surface area contributed by atoms with E-state index in [4.69, 9.17) is 0 Å². The molecule has 2 aliphatic carbocycles. The van der Waals surface area contributed by atoms with Gasteiger partial charge < -0.3 is 14.4 Å². The number of nitrogens with zero attached hydrogens (tertiary/aromatic N) is 4. The van der Waals surface area contributed by atoms with Gasteiger partial charge in [0.15, 0.2) is 9.84 Å². The van der Waals surface area contributed by atoms with Crippen LogP contribution in [0.1, 0.15) is 69.7 Å². The number of rotatable bonds is 11. The minimum atomic E-state index is -3.13. The van der Waals surface area contributed by atoms with Gasteiger partial charge in [-0.1, -0.05) is 31.9 Å². The number of benzene rings is 2. The van der Waals surface area contributed by atoms with Gasteiger partial charge in [-0.3, -0.25) is 0 Å². The van der Waals surface area contributed by atoms with E-state index >= 15 is 0 Å². The molecule has 1 atom stereocenters. The molecule has 4 fully saturated rings. The number of hydrogen-bond acceptors (Lipinski definition) is 5. The summed E-state index contributed by atoms with van der Waals surface area (Å²) in [4.78, 5) is 10.2. The summed E-state index contributed by atoms with van der Waals surface area (Å²) in [5.41, 5.74) is 2.21. The van der Waals surface area contributed by atoms with Crippen molar-refractivity contribution in [1.29, 1.82) is 0 Å². The molecule has 1 aromatic heterocycles. The van der Waals surface area contributed by atoms with E-state index < -0.39 is 9.84 Å². The van der Waals surface area contributed by atoms with Crippen LogP contribution < -0.4 is 4.90 Å². The number of anilines is 1. The van der Waals surface area contributed by atoms with Crippen LogP contribution in [-0.2, 0) is 28.2 Å². The quantitative estimate of drug-likeness (QED) is 0.246. The highest BCUT2D eigenvalue weighted by Gasteiger charge is 2.49. The molecular weight excluding hydrogens is 571 g/mol. The van der Waals surface area contributed by atoms with Crippen molar-refractivity contribution >= 4 is 15.5 Å². The molecule has 0 spiro atoms. The summed E-state index contributed by atoms with van der Waals surface area (Å²) < 4.78 is 42.3. The molecule has 2 saturated carbocycles. The molecule has 3 heterocycles. The Morgan fingerprint density at radius 2 is 1.64 bits per heavy atom. The van der Waals surface area contributed by atoms with Gasteiger partial charge in [-0.15, -0.1) is 0 Å². The van der Waals surface area contributed by atoms with E-state index in [0.717, 1.165) is 82.9 Å². The van der Waals surface area contributed by atoms with Gasteiger partial charge in [0.1, 0.15) is 11.6 Å². The lowest BCUT2D eigenvalue weighted by Gasteiger charge is -2.50. The summed E-state index contributed by atoms with van der Waals surface area (Å²) in [5, 5.41) is -0.164. The number of hydrogen-bond donors (Lipinski definition) is 0. The Morgan fingerprint density at radius 3 is 2.30 bits per heavy atom. The first-order chi connectivity index (χ1) is 21.4. The minimum Gasteiger partial charge on any atom is -0.371 e. The van der Waals surface area contributed by atoms with Crippen molar-refractivity contribution < 1.29 is 12.8 Å². The monoisotopic (exact) mass is 618 g/mol. The number of likely N-dealkylation sites (tertiary alicyclic amines) is 1. The van der Waals surface area contributed by atoms with E-state index in [-0.39, 0.29) is 16.5 Å². The molecule has 8 heteroatoms. The molecular formula is C36H47FN4O2S. The van der Waals surface area contributed by atoms with Crippen LogP contribution in [0.5, 0.6) is 0 Å². The van der Waals surface area contributed by atoms with E-state index in [9.17, 15) is 12.8 Å². The van der Waals surface area contributed by atoms with Gasteiger partial charge in [-0.05, 0) is 105 Å². The zero-order valence-corrected chi connectivity index (χ0v) is 26.9. The van der Waals surface area contributed by atoms with Crippen molar-refractivity contribution in [3.8, 4) is 0 Å². The zero-order chi connectivity index (χ0) is 30.3. The van der Waals surface area contributed by atoms with Crippen LogP contribution in [-0.4, -0.2) is 60.8 Å². The first-order valence-electron chi connectivity index (χ1n) is 16.9. The van der Waals surface area contributed by atoms with Crippen molar-refractivity contribution in [2.45, 2.75) is 86.8 Å². The molecule has 0 amide bonds. The highest BCUT2D eigenvalue weighted by atomic mass is 32.2. The van der Waals surface area contributed by atoms with Crippen LogP contribution in [0.25, 0.3) is 0 Å². The van der Waals surface area contributed by atoms with Gasteiger partial charge in [0.05, 0.1) is 10.1 Å². The Morgan fingerprint density at radius 1 is 0.932 bits per heavy atom. The summed E-state index contributed by atoms with van der Waals surface area (Å²) in [5.74, 6) is 2.67. The normalized spacial score (nSPS) is 22.3. The number of imidazole rings is 1. The topological polar surface area (TPSA) is 58.4 Å². The first kappa shape index (κ1) is 30.0. The molecule has 6 nitrogen and oxygen atoms in total. The predicted molar refractivity (Wildman–Crippen MR) is 173 cm³/mol. The second-order valence-electron chi connectivity index (χ2n) is 13.9. The summed E-state index contributed by atoms with van der Waals surface area (Å²) in [6.07, 6.45) is 13.8. The summed E-state index contributed by atoms with van der Waals surface area (Å²) >= 11 is 0. The molecule has 236 valence electrons. The van der Waals surface area contributed by atoms with Crippen LogP contribution >= 0.6 is 0 Å². The molecule has 2 aromatic carbocycles. The Hall–Kier alpha value is -2.71. The predicted octanol–water partition coefficient (Wildman–Crippen LogP) is 6.50. The molecule has 4 aliphatic rings. The Kier molecular flexibility index (Phi) is 8.34. The molecule has 0 bridgehead atoms. The number of halogens is 1.